The van der Waals surface area contributed by atoms with Crippen LogP contribution in [0.4, 0.5) is 0 Å². The minimum absolute atomic E-state index is 0.587. The van der Waals surface area contributed by atoms with Crippen molar-refractivity contribution in [3.63, 3.8) is 0 Å². The van der Waals surface area contributed by atoms with E-state index >= 15 is 0 Å². The van der Waals surface area contributed by atoms with E-state index in [0.717, 1.165) is 11.8 Å². The summed E-state index contributed by atoms with van der Waals surface area (Å²) in [5.74, 6) is 1.71. The Morgan fingerprint density at radius 1 is 1.21 bits per heavy atom. The van der Waals surface area contributed by atoms with E-state index in [9.17, 15) is 0 Å². The summed E-state index contributed by atoms with van der Waals surface area (Å²) in [6.45, 7) is 13.5. The van der Waals surface area contributed by atoms with Crippen LogP contribution in [0.1, 0.15) is 103 Å². The van der Waals surface area contributed by atoms with Crippen LogP contribution in [0.2, 0.25) is 0 Å². The molecule has 1 aromatic carbocycles. The number of hydrogen-bond acceptors (Lipinski definition) is 0. The average molecular weight is 327 g/mol. The van der Waals surface area contributed by atoms with Gasteiger partial charge in [0.05, 0.1) is 0 Å². The number of benzene rings is 1. The topological polar surface area (TPSA) is 0 Å². The monoisotopic (exact) mass is 326 g/mol. The van der Waals surface area contributed by atoms with Gasteiger partial charge in [-0.15, -0.1) is 0 Å². The molecule has 1 aromatic rings. The van der Waals surface area contributed by atoms with Gasteiger partial charge in [0.15, 0.2) is 0 Å². The molecule has 1 atom stereocenters. The maximum atomic E-state index is 4.12. The van der Waals surface area contributed by atoms with Crippen molar-refractivity contribution in [1.29, 1.82) is 0 Å². The second-order valence-electron chi connectivity index (χ2n) is 8.59. The molecular formula is C24H38. The molecule has 1 fully saturated rings. The summed E-state index contributed by atoms with van der Waals surface area (Å²) in [4.78, 5) is 0. The lowest BCUT2D eigenvalue weighted by Crippen LogP contribution is -2.25. The first-order valence-corrected chi connectivity index (χ1v) is 10.2. The van der Waals surface area contributed by atoms with Crippen LogP contribution in [-0.2, 0) is 0 Å². The summed E-state index contributed by atoms with van der Waals surface area (Å²) in [5.41, 5.74) is 4.60. The second kappa shape index (κ2) is 8.88. The molecule has 1 aliphatic carbocycles. The summed E-state index contributed by atoms with van der Waals surface area (Å²) in [5, 5.41) is 0. The zero-order chi connectivity index (χ0) is 17.6. The van der Waals surface area contributed by atoms with E-state index in [1.165, 1.54) is 74.5 Å². The van der Waals surface area contributed by atoms with Gasteiger partial charge in [-0.2, -0.15) is 0 Å². The molecule has 2 rings (SSSR count). The van der Waals surface area contributed by atoms with Crippen molar-refractivity contribution < 1.29 is 0 Å². The lowest BCUT2D eigenvalue weighted by Gasteiger charge is -2.38. The molecule has 0 N–H and O–H groups in total. The van der Waals surface area contributed by atoms with Gasteiger partial charge in [0.2, 0.25) is 0 Å². The molecule has 0 bridgehead atoms. The highest BCUT2D eigenvalue weighted by Gasteiger charge is 2.30. The van der Waals surface area contributed by atoms with Crippen LogP contribution in [0.3, 0.4) is 0 Å². The normalized spacial score (nSPS) is 25.4. The lowest BCUT2D eigenvalue weighted by molar-refractivity contribution is 0.148. The zero-order valence-corrected chi connectivity index (χ0v) is 16.5. The second-order valence-corrected chi connectivity index (χ2v) is 8.59. The van der Waals surface area contributed by atoms with Gasteiger partial charge in [0.1, 0.15) is 0 Å². The first-order valence-electron chi connectivity index (χ1n) is 10.2. The van der Waals surface area contributed by atoms with Crippen LogP contribution >= 0.6 is 0 Å². The Morgan fingerprint density at radius 2 is 1.92 bits per heavy atom. The fraction of sp³-hybridized carbons (Fsp3) is 0.667. The highest BCUT2D eigenvalue weighted by molar-refractivity contribution is 5.61. The Kier molecular flexibility index (Phi) is 7.14. The summed E-state index contributed by atoms with van der Waals surface area (Å²) >= 11 is 0. The van der Waals surface area contributed by atoms with E-state index < -0.39 is 0 Å². The Bertz CT molecular complexity index is 517. The summed E-state index contributed by atoms with van der Waals surface area (Å²) < 4.78 is 0. The average Bonchev–Trinajstić information content (AvgIpc) is 2.59. The Morgan fingerprint density at radius 3 is 2.50 bits per heavy atom. The van der Waals surface area contributed by atoms with Crippen LogP contribution in [0.25, 0.3) is 5.57 Å². The van der Waals surface area contributed by atoms with Gasteiger partial charge in [-0.1, -0.05) is 70.0 Å². The SMILES string of the molecule is C=C(C)c1cccc([C@H](CCC)CCC2(C)CCC(CC)CC2)c1. The molecular weight excluding hydrogens is 288 g/mol. The van der Waals surface area contributed by atoms with Crippen molar-refractivity contribution >= 4 is 5.57 Å². The molecule has 0 amide bonds. The molecule has 0 radical (unpaired) electrons. The van der Waals surface area contributed by atoms with Gasteiger partial charge in [-0.25, -0.2) is 0 Å². The number of allylic oxidation sites excluding steroid dienone is 1. The van der Waals surface area contributed by atoms with E-state index in [4.69, 9.17) is 0 Å². The van der Waals surface area contributed by atoms with E-state index in [2.05, 4.69) is 58.5 Å². The molecule has 0 heterocycles. The molecule has 0 heteroatoms. The standard InChI is InChI=1S/C24H38/c1-6-9-21(23-11-8-10-22(18-23)19(3)4)14-17-24(5)15-12-20(7-2)13-16-24/h8,10-11,18,20-21H,3,6-7,9,12-17H2,1-2,4-5H3/t20?,21-,24?/m1/s1. The van der Waals surface area contributed by atoms with Crippen LogP contribution in [0.15, 0.2) is 30.8 Å². The maximum Gasteiger partial charge on any atom is -0.0162 e. The van der Waals surface area contributed by atoms with Gasteiger partial charge in [0, 0.05) is 0 Å². The molecule has 1 aliphatic rings. The molecule has 134 valence electrons. The van der Waals surface area contributed by atoms with Gasteiger partial charge < -0.3 is 0 Å². The van der Waals surface area contributed by atoms with Crippen molar-refractivity contribution in [2.24, 2.45) is 11.3 Å². The molecule has 0 saturated heterocycles. The third-order valence-corrected chi connectivity index (χ3v) is 6.47. The smallest absolute Gasteiger partial charge is 0.0162 e. The van der Waals surface area contributed by atoms with Crippen LogP contribution < -0.4 is 0 Å². The first-order chi connectivity index (χ1) is 11.5. The van der Waals surface area contributed by atoms with E-state index in [1.807, 2.05) is 0 Å². The molecule has 0 aliphatic heterocycles. The van der Waals surface area contributed by atoms with Crippen LogP contribution in [0.5, 0.6) is 0 Å². The van der Waals surface area contributed by atoms with Gasteiger partial charge in [-0.05, 0) is 80.2 Å². The zero-order valence-electron chi connectivity index (χ0n) is 16.5. The quantitative estimate of drug-likeness (QED) is 0.454. The Labute approximate surface area is 150 Å². The predicted octanol–water partition coefficient (Wildman–Crippen LogP) is 7.99. The predicted molar refractivity (Wildman–Crippen MR) is 108 cm³/mol. The molecule has 0 nitrogen and oxygen atoms in total. The van der Waals surface area contributed by atoms with Gasteiger partial charge in [0.25, 0.3) is 0 Å². The Hall–Kier alpha value is -1.04. The summed E-state index contributed by atoms with van der Waals surface area (Å²) in [6.07, 6.45) is 12.5. The minimum atomic E-state index is 0.587. The van der Waals surface area contributed by atoms with E-state index in [1.54, 1.807) is 0 Å². The molecule has 0 unspecified atom stereocenters. The van der Waals surface area contributed by atoms with Crippen LogP contribution in [-0.4, -0.2) is 0 Å². The number of hydrogen-bond donors (Lipinski definition) is 0. The third kappa shape index (κ3) is 5.23. The van der Waals surface area contributed by atoms with E-state index in [0.29, 0.717) is 5.41 Å². The third-order valence-electron chi connectivity index (χ3n) is 6.47. The number of rotatable bonds is 8. The van der Waals surface area contributed by atoms with Gasteiger partial charge >= 0.3 is 0 Å². The Balaban J connectivity index is 2.01. The van der Waals surface area contributed by atoms with Crippen molar-refractivity contribution in [2.75, 3.05) is 0 Å². The highest BCUT2D eigenvalue weighted by Crippen LogP contribution is 2.44. The minimum Gasteiger partial charge on any atom is -0.0955 e. The highest BCUT2D eigenvalue weighted by atomic mass is 14.4. The fourth-order valence-corrected chi connectivity index (χ4v) is 4.44. The molecule has 0 spiro atoms. The molecule has 0 aromatic heterocycles. The first kappa shape index (κ1) is 19.3. The van der Waals surface area contributed by atoms with Crippen molar-refractivity contribution in [3.05, 3.63) is 42.0 Å². The van der Waals surface area contributed by atoms with Crippen LogP contribution in [0, 0.1) is 11.3 Å². The summed E-state index contributed by atoms with van der Waals surface area (Å²) in [7, 11) is 0. The van der Waals surface area contributed by atoms with Crippen molar-refractivity contribution in [3.8, 4) is 0 Å². The van der Waals surface area contributed by atoms with Crippen molar-refractivity contribution in [1.82, 2.24) is 0 Å². The maximum absolute atomic E-state index is 4.12. The van der Waals surface area contributed by atoms with E-state index in [-0.39, 0.29) is 0 Å². The molecule has 24 heavy (non-hydrogen) atoms. The summed E-state index contributed by atoms with van der Waals surface area (Å²) in [6, 6.07) is 9.14. The van der Waals surface area contributed by atoms with Gasteiger partial charge in [-0.3, -0.25) is 0 Å². The molecule has 1 saturated carbocycles. The lowest BCUT2D eigenvalue weighted by atomic mass is 9.67. The largest absolute Gasteiger partial charge is 0.0955 e. The fourth-order valence-electron chi connectivity index (χ4n) is 4.44. The van der Waals surface area contributed by atoms with Crippen molar-refractivity contribution in [2.45, 2.75) is 91.4 Å².